The zero-order chi connectivity index (χ0) is 21.1. The molecule has 0 saturated carbocycles. The van der Waals surface area contributed by atoms with Crippen molar-refractivity contribution in [1.29, 1.82) is 0 Å². The van der Waals surface area contributed by atoms with Crippen LogP contribution in [0.15, 0.2) is 54.6 Å². The van der Waals surface area contributed by atoms with Crippen molar-refractivity contribution in [3.8, 4) is 11.5 Å². The largest absolute Gasteiger partial charge is 0.508 e. The SMILES string of the molecule is CN(CC(OCCOCCO)c1ccc(O)cc1)C(=O)/C=C/c1ccc(O)cc1. The van der Waals surface area contributed by atoms with E-state index in [0.717, 1.165) is 11.1 Å². The summed E-state index contributed by atoms with van der Waals surface area (Å²) < 4.78 is 11.1. The quantitative estimate of drug-likeness (QED) is 0.395. The van der Waals surface area contributed by atoms with Gasteiger partial charge in [-0.1, -0.05) is 24.3 Å². The lowest BCUT2D eigenvalue weighted by Gasteiger charge is -2.24. The van der Waals surface area contributed by atoms with Gasteiger partial charge in [0, 0.05) is 13.1 Å². The van der Waals surface area contributed by atoms with Crippen LogP contribution in [-0.2, 0) is 14.3 Å². The number of carbonyl (C=O) groups excluding carboxylic acids is 1. The number of nitrogens with zero attached hydrogens (tertiary/aromatic N) is 1. The van der Waals surface area contributed by atoms with E-state index in [1.54, 1.807) is 66.6 Å². The molecule has 2 aromatic carbocycles. The fraction of sp³-hybridized carbons (Fsp3) is 0.318. The molecule has 1 unspecified atom stereocenters. The Balaban J connectivity index is 1.98. The average molecular weight is 401 g/mol. The topological polar surface area (TPSA) is 99.5 Å². The predicted molar refractivity (Wildman–Crippen MR) is 109 cm³/mol. The van der Waals surface area contributed by atoms with Gasteiger partial charge in [0.1, 0.15) is 17.6 Å². The third-order valence-corrected chi connectivity index (χ3v) is 4.17. The summed E-state index contributed by atoms with van der Waals surface area (Å²) in [4.78, 5) is 14.0. The van der Waals surface area contributed by atoms with Crippen LogP contribution in [0.25, 0.3) is 6.08 Å². The fourth-order valence-corrected chi connectivity index (χ4v) is 2.58. The first-order chi connectivity index (χ1) is 14.0. The molecule has 1 atom stereocenters. The Kier molecular flexibility index (Phi) is 9.17. The third kappa shape index (κ3) is 7.95. The van der Waals surface area contributed by atoms with Gasteiger partial charge in [-0.3, -0.25) is 4.79 Å². The number of hydrogen-bond donors (Lipinski definition) is 3. The molecule has 29 heavy (non-hydrogen) atoms. The summed E-state index contributed by atoms with van der Waals surface area (Å²) in [7, 11) is 1.68. The molecule has 0 aliphatic rings. The van der Waals surface area contributed by atoms with Gasteiger partial charge < -0.3 is 29.7 Å². The third-order valence-electron chi connectivity index (χ3n) is 4.17. The first-order valence-electron chi connectivity index (χ1n) is 9.31. The minimum absolute atomic E-state index is 0.0496. The van der Waals surface area contributed by atoms with Crippen molar-refractivity contribution in [2.75, 3.05) is 40.0 Å². The van der Waals surface area contributed by atoms with Gasteiger partial charge in [0.05, 0.1) is 33.0 Å². The van der Waals surface area contributed by atoms with Gasteiger partial charge in [0.2, 0.25) is 5.91 Å². The number of benzene rings is 2. The molecule has 1 amide bonds. The van der Waals surface area contributed by atoms with Crippen molar-refractivity contribution in [1.82, 2.24) is 4.90 Å². The van der Waals surface area contributed by atoms with E-state index in [1.165, 1.54) is 6.08 Å². The molecule has 3 N–H and O–H groups in total. The maximum atomic E-state index is 12.5. The van der Waals surface area contributed by atoms with E-state index in [0.29, 0.717) is 19.8 Å². The van der Waals surface area contributed by atoms with E-state index in [-0.39, 0.29) is 30.6 Å². The number of likely N-dealkylation sites (N-methyl/N-ethyl adjacent to an activating group) is 1. The number of carbonyl (C=O) groups is 1. The Bertz CT molecular complexity index is 773. The second-order valence-corrected chi connectivity index (χ2v) is 6.43. The molecule has 0 saturated heterocycles. The number of rotatable bonds is 11. The molecule has 0 radical (unpaired) electrons. The second kappa shape index (κ2) is 11.9. The minimum Gasteiger partial charge on any atom is -0.508 e. The first-order valence-corrected chi connectivity index (χ1v) is 9.31. The average Bonchev–Trinajstić information content (AvgIpc) is 2.72. The standard InChI is InChI=1S/C22H27NO6/c1-23(22(27)11-4-17-2-7-19(25)8-3-17)16-21(29-15-14-28-13-12-24)18-5-9-20(26)10-6-18/h2-11,21,24-26H,12-16H2,1H3/b11-4+. The lowest BCUT2D eigenvalue weighted by Crippen LogP contribution is -2.31. The molecule has 0 heterocycles. The molecule has 2 rings (SSSR count). The Morgan fingerprint density at radius 1 is 1.00 bits per heavy atom. The summed E-state index contributed by atoms with van der Waals surface area (Å²) in [6, 6.07) is 13.2. The van der Waals surface area contributed by atoms with Crippen LogP contribution in [0.1, 0.15) is 17.2 Å². The maximum absolute atomic E-state index is 12.5. The van der Waals surface area contributed by atoms with E-state index in [9.17, 15) is 15.0 Å². The molecule has 0 bridgehead atoms. The highest BCUT2D eigenvalue weighted by molar-refractivity contribution is 5.91. The number of ether oxygens (including phenoxy) is 2. The van der Waals surface area contributed by atoms with Crippen LogP contribution >= 0.6 is 0 Å². The van der Waals surface area contributed by atoms with Gasteiger partial charge in [-0.05, 0) is 41.5 Å². The second-order valence-electron chi connectivity index (χ2n) is 6.43. The minimum atomic E-state index is -0.399. The normalized spacial score (nSPS) is 12.2. The van der Waals surface area contributed by atoms with Gasteiger partial charge in [-0.15, -0.1) is 0 Å². The van der Waals surface area contributed by atoms with Crippen LogP contribution in [0, 0.1) is 0 Å². The summed E-state index contributed by atoms with van der Waals surface area (Å²) in [5.41, 5.74) is 1.63. The van der Waals surface area contributed by atoms with Crippen LogP contribution in [0.5, 0.6) is 11.5 Å². The summed E-state index contributed by atoms with van der Waals surface area (Å²) in [5, 5.41) is 27.6. The molecular weight excluding hydrogens is 374 g/mol. The van der Waals surface area contributed by atoms with E-state index in [4.69, 9.17) is 14.6 Å². The van der Waals surface area contributed by atoms with Crippen molar-refractivity contribution in [3.63, 3.8) is 0 Å². The van der Waals surface area contributed by atoms with Crippen LogP contribution in [0.2, 0.25) is 0 Å². The summed E-state index contributed by atoms with van der Waals surface area (Å²) in [6.45, 7) is 1.13. The zero-order valence-corrected chi connectivity index (χ0v) is 16.4. The molecule has 156 valence electrons. The summed E-state index contributed by atoms with van der Waals surface area (Å²) in [5.74, 6) is 0.129. The van der Waals surface area contributed by atoms with Gasteiger partial charge in [0.25, 0.3) is 0 Å². The predicted octanol–water partition coefficient (Wildman–Crippen LogP) is 2.34. The van der Waals surface area contributed by atoms with Crippen LogP contribution in [0.3, 0.4) is 0 Å². The van der Waals surface area contributed by atoms with Gasteiger partial charge in [0.15, 0.2) is 0 Å². The zero-order valence-electron chi connectivity index (χ0n) is 16.4. The van der Waals surface area contributed by atoms with Gasteiger partial charge in [-0.25, -0.2) is 0 Å². The van der Waals surface area contributed by atoms with Crippen LogP contribution < -0.4 is 0 Å². The Hall–Kier alpha value is -2.87. The smallest absolute Gasteiger partial charge is 0.246 e. The molecule has 0 aliphatic carbocycles. The molecule has 2 aromatic rings. The maximum Gasteiger partial charge on any atom is 0.246 e. The number of aliphatic hydroxyl groups is 1. The number of amides is 1. The van der Waals surface area contributed by atoms with Gasteiger partial charge >= 0.3 is 0 Å². The summed E-state index contributed by atoms with van der Waals surface area (Å²) in [6.07, 6.45) is 2.74. The number of phenolic OH excluding ortho intramolecular Hbond substituents is 2. The van der Waals surface area contributed by atoms with Crippen molar-refractivity contribution >= 4 is 12.0 Å². The Morgan fingerprint density at radius 2 is 1.62 bits per heavy atom. The Labute approximate surface area is 170 Å². The molecule has 0 spiro atoms. The van der Waals surface area contributed by atoms with Crippen molar-refractivity contribution in [2.45, 2.75) is 6.10 Å². The summed E-state index contributed by atoms with van der Waals surface area (Å²) >= 11 is 0. The monoisotopic (exact) mass is 401 g/mol. The van der Waals surface area contributed by atoms with Crippen LogP contribution in [-0.4, -0.2) is 66.1 Å². The van der Waals surface area contributed by atoms with Gasteiger partial charge in [-0.2, -0.15) is 0 Å². The number of phenols is 2. The molecule has 7 nitrogen and oxygen atoms in total. The van der Waals surface area contributed by atoms with E-state index in [2.05, 4.69) is 0 Å². The number of hydrogen-bond acceptors (Lipinski definition) is 6. The van der Waals surface area contributed by atoms with Crippen molar-refractivity contribution in [2.24, 2.45) is 0 Å². The number of aliphatic hydroxyl groups excluding tert-OH is 1. The van der Waals surface area contributed by atoms with E-state index < -0.39 is 6.10 Å². The highest BCUT2D eigenvalue weighted by Crippen LogP contribution is 2.21. The molecule has 0 aromatic heterocycles. The first kappa shape index (κ1) is 22.4. The highest BCUT2D eigenvalue weighted by atomic mass is 16.5. The lowest BCUT2D eigenvalue weighted by atomic mass is 10.1. The lowest BCUT2D eigenvalue weighted by molar-refractivity contribution is -0.126. The Morgan fingerprint density at radius 3 is 2.24 bits per heavy atom. The number of aromatic hydroxyl groups is 2. The molecule has 0 fully saturated rings. The van der Waals surface area contributed by atoms with E-state index >= 15 is 0 Å². The molecule has 7 heteroatoms. The van der Waals surface area contributed by atoms with Crippen molar-refractivity contribution in [3.05, 3.63) is 65.7 Å². The molecular formula is C22H27NO6. The van der Waals surface area contributed by atoms with Crippen molar-refractivity contribution < 1.29 is 29.6 Å². The highest BCUT2D eigenvalue weighted by Gasteiger charge is 2.17. The van der Waals surface area contributed by atoms with Crippen LogP contribution in [0.4, 0.5) is 0 Å². The fourth-order valence-electron chi connectivity index (χ4n) is 2.58. The molecule has 0 aliphatic heterocycles. The van der Waals surface area contributed by atoms with E-state index in [1.807, 2.05) is 0 Å².